The van der Waals surface area contributed by atoms with Crippen molar-refractivity contribution in [1.29, 1.82) is 0 Å². The van der Waals surface area contributed by atoms with Gasteiger partial charge < -0.3 is 14.8 Å². The fraction of sp³-hybridized carbons (Fsp3) is 0.278. The molecule has 0 radical (unpaired) electrons. The van der Waals surface area contributed by atoms with Gasteiger partial charge in [-0.25, -0.2) is 0 Å². The molecule has 0 bridgehead atoms. The van der Waals surface area contributed by atoms with Crippen LogP contribution < -0.4 is 14.8 Å². The highest BCUT2D eigenvalue weighted by atomic mass is 19.4. The van der Waals surface area contributed by atoms with Gasteiger partial charge in [0.2, 0.25) is 0 Å². The highest BCUT2D eigenvalue weighted by Crippen LogP contribution is 2.30. The summed E-state index contributed by atoms with van der Waals surface area (Å²) in [5.41, 5.74) is 0.0374. The fourth-order valence-electron chi connectivity index (χ4n) is 2.35. The zero-order chi connectivity index (χ0) is 18.6. The average Bonchev–Trinajstić information content (AvgIpc) is 2.60. The van der Waals surface area contributed by atoms with E-state index in [1.807, 2.05) is 0 Å². The van der Waals surface area contributed by atoms with Gasteiger partial charge in [0, 0.05) is 11.1 Å². The fourth-order valence-corrected chi connectivity index (χ4v) is 2.35. The summed E-state index contributed by atoms with van der Waals surface area (Å²) >= 11 is 0. The predicted molar refractivity (Wildman–Crippen MR) is 86.9 cm³/mol. The number of nitrogens with one attached hydrogen (secondary N) is 1. The Morgan fingerprint density at radius 1 is 1.04 bits per heavy atom. The van der Waals surface area contributed by atoms with Crippen LogP contribution in [-0.4, -0.2) is 20.1 Å². The van der Waals surface area contributed by atoms with Gasteiger partial charge in [-0.05, 0) is 49.4 Å². The monoisotopic (exact) mass is 353 g/mol. The lowest BCUT2D eigenvalue weighted by Gasteiger charge is -2.18. The first kappa shape index (κ1) is 18.6. The number of rotatable bonds is 5. The number of methoxy groups -OCH3 is 2. The molecular weight excluding hydrogens is 335 g/mol. The molecule has 4 nitrogen and oxygen atoms in total. The van der Waals surface area contributed by atoms with Gasteiger partial charge in [0.15, 0.2) is 0 Å². The molecule has 25 heavy (non-hydrogen) atoms. The molecule has 0 saturated carbocycles. The van der Waals surface area contributed by atoms with Gasteiger partial charge >= 0.3 is 6.18 Å². The average molecular weight is 353 g/mol. The van der Waals surface area contributed by atoms with Gasteiger partial charge in [-0.1, -0.05) is 0 Å². The standard InChI is InChI=1S/C18H18F3NO3/c1-11(15-10-14(24-2)8-9-16(15)25-3)22-17(23)12-4-6-13(7-5-12)18(19,20)21/h4-11H,1-3H3,(H,22,23)/t11-/m1/s1. The zero-order valence-corrected chi connectivity index (χ0v) is 14.0. The summed E-state index contributed by atoms with van der Waals surface area (Å²) in [6, 6.07) is 8.80. The molecule has 7 heteroatoms. The van der Waals surface area contributed by atoms with Gasteiger partial charge in [-0.2, -0.15) is 13.2 Å². The third-order valence-corrected chi connectivity index (χ3v) is 3.73. The number of ether oxygens (including phenoxy) is 2. The molecule has 1 amide bonds. The first-order valence-electron chi connectivity index (χ1n) is 7.46. The second-order valence-corrected chi connectivity index (χ2v) is 5.38. The summed E-state index contributed by atoms with van der Waals surface area (Å²) < 4.78 is 48.2. The van der Waals surface area contributed by atoms with Crippen LogP contribution in [0.25, 0.3) is 0 Å². The molecular formula is C18H18F3NO3. The number of hydrogen-bond donors (Lipinski definition) is 1. The molecule has 0 fully saturated rings. The highest BCUT2D eigenvalue weighted by molar-refractivity contribution is 5.94. The van der Waals surface area contributed by atoms with E-state index in [9.17, 15) is 18.0 Å². The Hall–Kier alpha value is -2.70. The van der Waals surface area contributed by atoms with E-state index in [-0.39, 0.29) is 5.56 Å². The molecule has 0 saturated heterocycles. The van der Waals surface area contributed by atoms with Crippen LogP contribution in [0.2, 0.25) is 0 Å². The Labute approximate surface area is 143 Å². The molecule has 0 spiro atoms. The van der Waals surface area contributed by atoms with Crippen LogP contribution >= 0.6 is 0 Å². The summed E-state index contributed by atoms with van der Waals surface area (Å²) in [5.74, 6) is 0.693. The van der Waals surface area contributed by atoms with Gasteiger partial charge in [0.05, 0.1) is 25.8 Å². The third-order valence-electron chi connectivity index (χ3n) is 3.73. The summed E-state index contributed by atoms with van der Waals surface area (Å²) in [6.07, 6.45) is -4.43. The van der Waals surface area contributed by atoms with Crippen molar-refractivity contribution in [3.05, 3.63) is 59.2 Å². The number of hydrogen-bond acceptors (Lipinski definition) is 3. The Morgan fingerprint density at radius 3 is 2.20 bits per heavy atom. The summed E-state index contributed by atoms with van der Waals surface area (Å²) in [4.78, 5) is 12.3. The Kier molecular flexibility index (Phi) is 5.56. The number of carbonyl (C=O) groups is 1. The lowest BCUT2D eigenvalue weighted by Crippen LogP contribution is -2.27. The van der Waals surface area contributed by atoms with E-state index in [1.165, 1.54) is 14.2 Å². The minimum Gasteiger partial charge on any atom is -0.497 e. The Balaban J connectivity index is 2.17. The molecule has 2 aromatic carbocycles. The maximum Gasteiger partial charge on any atom is 0.416 e. The maximum atomic E-state index is 12.6. The van der Waals surface area contributed by atoms with Crippen LogP contribution in [0, 0.1) is 0 Å². The van der Waals surface area contributed by atoms with Gasteiger partial charge in [0.1, 0.15) is 11.5 Å². The molecule has 0 aliphatic carbocycles. The van der Waals surface area contributed by atoms with Crippen LogP contribution in [0.15, 0.2) is 42.5 Å². The molecule has 134 valence electrons. The molecule has 0 heterocycles. The molecule has 1 atom stereocenters. The summed E-state index contributed by atoms with van der Waals surface area (Å²) in [6.45, 7) is 1.75. The third kappa shape index (κ3) is 4.43. The Morgan fingerprint density at radius 2 is 1.68 bits per heavy atom. The van der Waals surface area contributed by atoms with E-state index in [4.69, 9.17) is 9.47 Å². The first-order valence-corrected chi connectivity index (χ1v) is 7.46. The molecule has 0 aliphatic heterocycles. The van der Waals surface area contributed by atoms with E-state index < -0.39 is 23.7 Å². The predicted octanol–water partition coefficient (Wildman–Crippen LogP) is 4.21. The number of amides is 1. The molecule has 2 rings (SSSR count). The molecule has 1 N–H and O–H groups in total. The van der Waals surface area contributed by atoms with Crippen LogP contribution in [0.3, 0.4) is 0 Å². The topological polar surface area (TPSA) is 47.6 Å². The number of alkyl halides is 3. The highest BCUT2D eigenvalue weighted by Gasteiger charge is 2.30. The minimum atomic E-state index is -4.43. The number of carbonyl (C=O) groups excluding carboxylic acids is 1. The van der Waals surface area contributed by atoms with Crippen molar-refractivity contribution in [2.24, 2.45) is 0 Å². The van der Waals surface area contributed by atoms with E-state index in [0.717, 1.165) is 24.3 Å². The number of benzene rings is 2. The molecule has 0 aromatic heterocycles. The lowest BCUT2D eigenvalue weighted by molar-refractivity contribution is -0.137. The quantitative estimate of drug-likeness (QED) is 0.876. The summed E-state index contributed by atoms with van der Waals surface area (Å²) in [5, 5.41) is 2.74. The van der Waals surface area contributed by atoms with E-state index >= 15 is 0 Å². The van der Waals surface area contributed by atoms with Crippen molar-refractivity contribution in [2.75, 3.05) is 14.2 Å². The summed E-state index contributed by atoms with van der Waals surface area (Å²) in [7, 11) is 3.03. The molecule has 0 unspecified atom stereocenters. The van der Waals surface area contributed by atoms with Crippen molar-refractivity contribution >= 4 is 5.91 Å². The SMILES string of the molecule is COc1ccc(OC)c([C@@H](C)NC(=O)c2ccc(C(F)(F)F)cc2)c1. The maximum absolute atomic E-state index is 12.6. The van der Waals surface area contributed by atoms with Crippen LogP contribution in [0.1, 0.15) is 34.5 Å². The first-order chi connectivity index (χ1) is 11.8. The van der Waals surface area contributed by atoms with Crippen LogP contribution in [0.4, 0.5) is 13.2 Å². The van der Waals surface area contributed by atoms with Gasteiger partial charge in [0.25, 0.3) is 5.91 Å². The zero-order valence-electron chi connectivity index (χ0n) is 14.0. The van der Waals surface area contributed by atoms with Crippen molar-refractivity contribution in [3.8, 4) is 11.5 Å². The van der Waals surface area contributed by atoms with Crippen molar-refractivity contribution in [2.45, 2.75) is 19.1 Å². The molecule has 2 aromatic rings. The number of halogens is 3. The minimum absolute atomic E-state index is 0.140. The lowest BCUT2D eigenvalue weighted by atomic mass is 10.1. The normalized spacial score (nSPS) is 12.4. The van der Waals surface area contributed by atoms with Gasteiger partial charge in [-0.15, -0.1) is 0 Å². The molecule has 0 aliphatic rings. The van der Waals surface area contributed by atoms with Crippen LogP contribution in [-0.2, 0) is 6.18 Å². The second-order valence-electron chi connectivity index (χ2n) is 5.38. The van der Waals surface area contributed by atoms with E-state index in [0.29, 0.717) is 17.1 Å². The Bertz CT molecular complexity index is 742. The van der Waals surface area contributed by atoms with Crippen LogP contribution in [0.5, 0.6) is 11.5 Å². The van der Waals surface area contributed by atoms with Crippen molar-refractivity contribution < 1.29 is 27.4 Å². The second kappa shape index (κ2) is 7.46. The smallest absolute Gasteiger partial charge is 0.416 e. The van der Waals surface area contributed by atoms with E-state index in [1.54, 1.807) is 25.1 Å². The van der Waals surface area contributed by atoms with E-state index in [2.05, 4.69) is 5.32 Å². The van der Waals surface area contributed by atoms with Gasteiger partial charge in [-0.3, -0.25) is 4.79 Å². The van der Waals surface area contributed by atoms with Crippen molar-refractivity contribution in [1.82, 2.24) is 5.32 Å². The largest absolute Gasteiger partial charge is 0.497 e. The van der Waals surface area contributed by atoms with Crippen molar-refractivity contribution in [3.63, 3.8) is 0 Å².